The van der Waals surface area contributed by atoms with E-state index in [4.69, 9.17) is 4.42 Å². The van der Waals surface area contributed by atoms with Gasteiger partial charge < -0.3 is 4.42 Å². The third-order valence-electron chi connectivity index (χ3n) is 3.82. The third-order valence-corrected chi connectivity index (χ3v) is 4.67. The monoisotopic (exact) mass is 391 g/mol. The normalized spacial score (nSPS) is 11.9. The Hall–Kier alpha value is -3.01. The summed E-state index contributed by atoms with van der Waals surface area (Å²) in [6.07, 6.45) is -4.43. The lowest BCUT2D eigenvalue weighted by molar-refractivity contribution is -0.137. The van der Waals surface area contributed by atoms with Crippen LogP contribution in [0.1, 0.15) is 17.0 Å². The van der Waals surface area contributed by atoms with Gasteiger partial charge in [-0.25, -0.2) is 4.98 Å². The second-order valence-corrected chi connectivity index (χ2v) is 6.67. The largest absolute Gasteiger partial charge is 0.440 e. The highest BCUT2D eigenvalue weighted by atomic mass is 32.1. The SMILES string of the molecule is Cc1oc(-c2cccs2)nc1Cn1nnc(-c2cccc(C(F)(F)F)c2)n1. The molecule has 0 atom stereocenters. The minimum atomic E-state index is -4.43. The fourth-order valence-electron chi connectivity index (χ4n) is 2.47. The van der Waals surface area contributed by atoms with Crippen molar-refractivity contribution in [3.8, 4) is 22.2 Å². The standard InChI is InChI=1S/C17H12F3N5OS/c1-10-13(21-16(26-10)14-6-3-7-27-14)9-25-23-15(22-24-25)11-4-2-5-12(8-11)17(18,19)20/h2-8H,9H2,1H3. The van der Waals surface area contributed by atoms with E-state index in [1.54, 1.807) is 6.92 Å². The van der Waals surface area contributed by atoms with Crippen molar-refractivity contribution in [1.29, 1.82) is 0 Å². The molecule has 138 valence electrons. The first-order valence-corrected chi connectivity index (χ1v) is 8.74. The lowest BCUT2D eigenvalue weighted by atomic mass is 10.1. The molecule has 1 aromatic carbocycles. The molecule has 0 aliphatic rings. The van der Waals surface area contributed by atoms with Crippen LogP contribution in [0.2, 0.25) is 0 Å². The predicted molar refractivity (Wildman–Crippen MR) is 91.9 cm³/mol. The summed E-state index contributed by atoms with van der Waals surface area (Å²) in [6.45, 7) is 1.98. The van der Waals surface area contributed by atoms with E-state index >= 15 is 0 Å². The number of aryl methyl sites for hydroxylation is 1. The van der Waals surface area contributed by atoms with E-state index < -0.39 is 11.7 Å². The molecular weight excluding hydrogens is 379 g/mol. The zero-order chi connectivity index (χ0) is 19.0. The van der Waals surface area contributed by atoms with Gasteiger partial charge in [-0.1, -0.05) is 18.2 Å². The Bertz CT molecular complexity index is 1070. The number of halogens is 3. The highest BCUT2D eigenvalue weighted by Crippen LogP contribution is 2.31. The molecule has 0 fully saturated rings. The molecule has 6 nitrogen and oxygen atoms in total. The number of aromatic nitrogens is 5. The topological polar surface area (TPSA) is 69.6 Å². The molecule has 27 heavy (non-hydrogen) atoms. The Morgan fingerprint density at radius 1 is 1.19 bits per heavy atom. The van der Waals surface area contributed by atoms with Crippen molar-refractivity contribution in [1.82, 2.24) is 25.2 Å². The summed E-state index contributed by atoms with van der Waals surface area (Å²) >= 11 is 1.51. The predicted octanol–water partition coefficient (Wildman–Crippen LogP) is 4.43. The first kappa shape index (κ1) is 17.4. The smallest absolute Gasteiger partial charge is 0.416 e. The summed E-state index contributed by atoms with van der Waals surface area (Å²) in [6, 6.07) is 8.62. The maximum Gasteiger partial charge on any atom is 0.416 e. The Balaban J connectivity index is 1.57. The molecule has 3 aromatic heterocycles. The molecule has 0 N–H and O–H groups in total. The Morgan fingerprint density at radius 3 is 2.78 bits per heavy atom. The van der Waals surface area contributed by atoms with E-state index in [-0.39, 0.29) is 17.9 Å². The summed E-state index contributed by atoms with van der Waals surface area (Å²) in [5, 5.41) is 13.8. The quantitative estimate of drug-likeness (QED) is 0.515. The summed E-state index contributed by atoms with van der Waals surface area (Å²) in [4.78, 5) is 6.62. The van der Waals surface area contributed by atoms with Crippen molar-refractivity contribution in [2.75, 3.05) is 0 Å². The Morgan fingerprint density at radius 2 is 2.04 bits per heavy atom. The molecule has 0 bridgehead atoms. The van der Waals surface area contributed by atoms with E-state index in [9.17, 15) is 13.2 Å². The number of rotatable bonds is 4. The van der Waals surface area contributed by atoms with Crippen molar-refractivity contribution < 1.29 is 17.6 Å². The zero-order valence-corrected chi connectivity index (χ0v) is 14.8. The van der Waals surface area contributed by atoms with Gasteiger partial charge in [0.05, 0.1) is 10.4 Å². The van der Waals surface area contributed by atoms with Gasteiger partial charge >= 0.3 is 6.18 Å². The van der Waals surface area contributed by atoms with Crippen LogP contribution in [-0.4, -0.2) is 25.2 Å². The van der Waals surface area contributed by atoms with Gasteiger partial charge in [-0.2, -0.15) is 18.0 Å². The molecule has 3 heterocycles. The number of benzene rings is 1. The molecule has 0 unspecified atom stereocenters. The minimum absolute atomic E-state index is 0.112. The lowest BCUT2D eigenvalue weighted by Gasteiger charge is -2.06. The molecule has 0 aliphatic carbocycles. The molecule has 4 aromatic rings. The van der Waals surface area contributed by atoms with E-state index in [2.05, 4.69) is 20.4 Å². The van der Waals surface area contributed by atoms with Crippen LogP contribution in [0.25, 0.3) is 22.2 Å². The van der Waals surface area contributed by atoms with Crippen molar-refractivity contribution >= 4 is 11.3 Å². The molecule has 0 spiro atoms. The van der Waals surface area contributed by atoms with Crippen LogP contribution in [0.5, 0.6) is 0 Å². The van der Waals surface area contributed by atoms with Crippen LogP contribution >= 0.6 is 11.3 Å². The van der Waals surface area contributed by atoms with Gasteiger partial charge in [0.25, 0.3) is 0 Å². The van der Waals surface area contributed by atoms with Crippen molar-refractivity contribution in [2.24, 2.45) is 0 Å². The molecular formula is C17H12F3N5OS. The van der Waals surface area contributed by atoms with Gasteiger partial charge in [0.15, 0.2) is 0 Å². The van der Waals surface area contributed by atoms with Crippen molar-refractivity contribution in [2.45, 2.75) is 19.6 Å². The summed E-state index contributed by atoms with van der Waals surface area (Å²) in [7, 11) is 0. The molecule has 0 radical (unpaired) electrons. The van der Waals surface area contributed by atoms with Gasteiger partial charge in [0.1, 0.15) is 18.0 Å². The van der Waals surface area contributed by atoms with Gasteiger partial charge in [0, 0.05) is 5.56 Å². The molecule has 0 saturated heterocycles. The molecule has 0 aliphatic heterocycles. The number of nitrogens with zero attached hydrogens (tertiary/aromatic N) is 5. The molecule has 0 saturated carbocycles. The van der Waals surface area contributed by atoms with Gasteiger partial charge in [0.2, 0.25) is 11.7 Å². The fourth-order valence-corrected chi connectivity index (χ4v) is 3.12. The first-order chi connectivity index (χ1) is 12.9. The Labute approximate surface area is 155 Å². The number of thiophene rings is 1. The van der Waals surface area contributed by atoms with Crippen LogP contribution in [0.3, 0.4) is 0 Å². The van der Waals surface area contributed by atoms with Crippen molar-refractivity contribution in [3.05, 3.63) is 58.8 Å². The van der Waals surface area contributed by atoms with Crippen molar-refractivity contribution in [3.63, 3.8) is 0 Å². The van der Waals surface area contributed by atoms with Crippen LogP contribution < -0.4 is 0 Å². The minimum Gasteiger partial charge on any atom is -0.440 e. The number of alkyl halides is 3. The van der Waals surface area contributed by atoms with Crippen LogP contribution in [0, 0.1) is 6.92 Å². The van der Waals surface area contributed by atoms with Gasteiger partial charge in [-0.15, -0.1) is 21.5 Å². The lowest BCUT2D eigenvalue weighted by Crippen LogP contribution is -2.06. The van der Waals surface area contributed by atoms with E-state index in [1.807, 2.05) is 17.5 Å². The molecule has 4 rings (SSSR count). The van der Waals surface area contributed by atoms with E-state index in [0.29, 0.717) is 17.3 Å². The highest BCUT2D eigenvalue weighted by molar-refractivity contribution is 7.13. The average molecular weight is 391 g/mol. The maximum atomic E-state index is 12.9. The average Bonchev–Trinajstić information content (AvgIpc) is 3.37. The summed E-state index contributed by atoms with van der Waals surface area (Å²) in [5.41, 5.74) is 0.114. The van der Waals surface area contributed by atoms with E-state index in [0.717, 1.165) is 17.0 Å². The zero-order valence-electron chi connectivity index (χ0n) is 13.9. The first-order valence-electron chi connectivity index (χ1n) is 7.86. The van der Waals surface area contributed by atoms with Crippen LogP contribution in [0.15, 0.2) is 46.2 Å². The van der Waals surface area contributed by atoms with Crippen LogP contribution in [0.4, 0.5) is 13.2 Å². The number of oxazole rings is 1. The van der Waals surface area contributed by atoms with Gasteiger partial charge in [-0.3, -0.25) is 0 Å². The highest BCUT2D eigenvalue weighted by Gasteiger charge is 2.30. The number of hydrogen-bond acceptors (Lipinski definition) is 6. The number of tetrazole rings is 1. The fraction of sp³-hybridized carbons (Fsp3) is 0.176. The van der Waals surface area contributed by atoms with Gasteiger partial charge in [-0.05, 0) is 35.7 Å². The molecule has 10 heteroatoms. The van der Waals surface area contributed by atoms with Crippen LogP contribution in [-0.2, 0) is 12.7 Å². The second kappa shape index (κ2) is 6.62. The Kier molecular flexibility index (Phi) is 4.27. The number of hydrogen-bond donors (Lipinski definition) is 0. The summed E-state index contributed by atoms with van der Waals surface area (Å²) < 4.78 is 44.2. The summed E-state index contributed by atoms with van der Waals surface area (Å²) in [5.74, 6) is 1.24. The maximum absolute atomic E-state index is 12.9. The third kappa shape index (κ3) is 3.61. The second-order valence-electron chi connectivity index (χ2n) is 5.72. The van der Waals surface area contributed by atoms with E-state index in [1.165, 1.54) is 28.3 Å². The molecule has 0 amide bonds.